The summed E-state index contributed by atoms with van der Waals surface area (Å²) in [6, 6.07) is 8.07. The Hall–Kier alpha value is -2.42. The maximum atomic E-state index is 13.2. The molecule has 0 bridgehead atoms. The topological polar surface area (TPSA) is 77.3 Å². The van der Waals surface area contributed by atoms with Crippen LogP contribution in [0.4, 0.5) is 15.8 Å². The average Bonchev–Trinajstić information content (AvgIpc) is 3.01. The third kappa shape index (κ3) is 4.60. The Morgan fingerprint density at radius 2 is 2.04 bits per heavy atom. The summed E-state index contributed by atoms with van der Waals surface area (Å²) in [4.78, 5) is 15.4. The Balaban J connectivity index is 1.83. The van der Waals surface area contributed by atoms with E-state index in [1.165, 1.54) is 35.6 Å². The van der Waals surface area contributed by atoms with Crippen molar-refractivity contribution in [3.05, 3.63) is 72.9 Å². The number of halogens is 3. The number of nitrogens with one attached hydrogen (secondary N) is 1. The summed E-state index contributed by atoms with van der Waals surface area (Å²) < 4.78 is 19.2. The average molecular weight is 414 g/mol. The number of nitro benzene ring substituents is 1. The van der Waals surface area contributed by atoms with Crippen molar-refractivity contribution >= 4 is 45.9 Å². The highest BCUT2D eigenvalue weighted by Crippen LogP contribution is 2.31. The number of anilines is 1. The van der Waals surface area contributed by atoms with Crippen molar-refractivity contribution in [2.75, 3.05) is 5.32 Å². The number of aromatic nitrogens is 1. The van der Waals surface area contributed by atoms with Crippen molar-refractivity contribution < 1.29 is 14.1 Å². The van der Waals surface area contributed by atoms with Gasteiger partial charge in [-0.1, -0.05) is 23.2 Å². The number of thiazole rings is 1. The summed E-state index contributed by atoms with van der Waals surface area (Å²) in [5, 5.41) is 14.1. The molecule has 10 heteroatoms. The molecule has 3 aromatic rings. The fourth-order valence-corrected chi connectivity index (χ4v) is 3.17. The number of hydrogen-bond donors (Lipinski definition) is 1. The number of non-ortho nitro benzene ring substituents is 1. The van der Waals surface area contributed by atoms with Gasteiger partial charge in [-0.2, -0.15) is 0 Å². The molecule has 6 nitrogen and oxygen atoms in total. The highest BCUT2D eigenvalue weighted by molar-refractivity contribution is 7.15. The Kier molecular flexibility index (Phi) is 5.55. The molecule has 134 valence electrons. The van der Waals surface area contributed by atoms with E-state index in [0.717, 1.165) is 10.9 Å². The molecule has 0 saturated heterocycles. The molecule has 0 amide bonds. The van der Waals surface area contributed by atoms with E-state index in [4.69, 9.17) is 27.9 Å². The van der Waals surface area contributed by atoms with Crippen LogP contribution in [0.2, 0.25) is 9.49 Å². The van der Waals surface area contributed by atoms with E-state index < -0.39 is 10.7 Å². The van der Waals surface area contributed by atoms with E-state index in [0.29, 0.717) is 16.7 Å². The van der Waals surface area contributed by atoms with Crippen molar-refractivity contribution in [3.8, 4) is 11.5 Å². The van der Waals surface area contributed by atoms with Gasteiger partial charge in [-0.3, -0.25) is 10.1 Å². The first-order valence-electron chi connectivity index (χ1n) is 7.17. The lowest BCUT2D eigenvalue weighted by Crippen LogP contribution is -1.99. The van der Waals surface area contributed by atoms with Crippen LogP contribution < -0.4 is 10.1 Å². The van der Waals surface area contributed by atoms with Gasteiger partial charge < -0.3 is 10.1 Å². The van der Waals surface area contributed by atoms with E-state index in [1.807, 2.05) is 0 Å². The molecule has 0 atom stereocenters. The van der Waals surface area contributed by atoms with Crippen molar-refractivity contribution in [3.63, 3.8) is 0 Å². The van der Waals surface area contributed by atoms with Gasteiger partial charge in [0.15, 0.2) is 4.47 Å². The summed E-state index contributed by atoms with van der Waals surface area (Å²) in [7, 11) is 0. The molecule has 0 aliphatic rings. The van der Waals surface area contributed by atoms with Crippen LogP contribution in [0.15, 0.2) is 42.6 Å². The van der Waals surface area contributed by atoms with E-state index >= 15 is 0 Å². The Labute approximate surface area is 161 Å². The van der Waals surface area contributed by atoms with Crippen LogP contribution in [0.1, 0.15) is 4.88 Å². The largest absolute Gasteiger partial charge is 0.457 e. The molecule has 0 unspecified atom stereocenters. The number of nitro groups is 1. The molecule has 3 rings (SSSR count). The third-order valence-corrected chi connectivity index (χ3v) is 4.63. The van der Waals surface area contributed by atoms with Gasteiger partial charge in [0.25, 0.3) is 5.69 Å². The molecule has 1 aromatic heterocycles. The van der Waals surface area contributed by atoms with E-state index in [9.17, 15) is 14.5 Å². The Morgan fingerprint density at radius 3 is 2.69 bits per heavy atom. The molecule has 0 saturated carbocycles. The zero-order valence-electron chi connectivity index (χ0n) is 12.9. The summed E-state index contributed by atoms with van der Waals surface area (Å²) in [5.74, 6) is -0.104. The smallest absolute Gasteiger partial charge is 0.275 e. The predicted octanol–water partition coefficient (Wildman–Crippen LogP) is 5.90. The number of rotatable bonds is 6. The highest BCUT2D eigenvalue weighted by atomic mass is 35.5. The van der Waals surface area contributed by atoms with Gasteiger partial charge in [-0.15, -0.1) is 11.3 Å². The maximum Gasteiger partial charge on any atom is 0.275 e. The van der Waals surface area contributed by atoms with Crippen molar-refractivity contribution in [1.29, 1.82) is 0 Å². The monoisotopic (exact) mass is 413 g/mol. The second kappa shape index (κ2) is 7.86. The molecule has 2 aromatic carbocycles. The second-order valence-corrected chi connectivity index (χ2v) is 7.19. The normalized spacial score (nSPS) is 10.6. The minimum Gasteiger partial charge on any atom is -0.457 e. The standard InChI is InChI=1S/C16H10Cl2FN3O3S/c17-14-6-11(1-2-15(14)19)25-12-4-9(3-10(5-12)22(23)24)20-7-13-8-21-16(18)26-13/h1-6,8,20H,7H2. The first-order chi connectivity index (χ1) is 12.4. The quantitative estimate of drug-likeness (QED) is 0.401. The SMILES string of the molecule is O=[N+]([O-])c1cc(NCc2cnc(Cl)s2)cc(Oc2ccc(F)c(Cl)c2)c1. The zero-order valence-corrected chi connectivity index (χ0v) is 15.2. The van der Waals surface area contributed by atoms with Crippen molar-refractivity contribution in [1.82, 2.24) is 4.98 Å². The minimum absolute atomic E-state index is 0.103. The van der Waals surface area contributed by atoms with Crippen LogP contribution >= 0.6 is 34.5 Å². The van der Waals surface area contributed by atoms with Gasteiger partial charge in [-0.25, -0.2) is 9.37 Å². The van der Waals surface area contributed by atoms with Crippen LogP contribution in [0.25, 0.3) is 0 Å². The molecule has 0 aliphatic heterocycles. The number of hydrogen-bond acceptors (Lipinski definition) is 6. The van der Waals surface area contributed by atoms with E-state index in [-0.39, 0.29) is 22.2 Å². The van der Waals surface area contributed by atoms with Gasteiger partial charge in [-0.05, 0) is 12.1 Å². The molecule has 0 radical (unpaired) electrons. The molecular weight excluding hydrogens is 404 g/mol. The lowest BCUT2D eigenvalue weighted by Gasteiger charge is -2.10. The van der Waals surface area contributed by atoms with E-state index in [2.05, 4.69) is 10.3 Å². The Morgan fingerprint density at radius 1 is 1.23 bits per heavy atom. The van der Waals surface area contributed by atoms with Gasteiger partial charge >= 0.3 is 0 Å². The van der Waals surface area contributed by atoms with Crippen molar-refractivity contribution in [2.24, 2.45) is 0 Å². The second-order valence-electron chi connectivity index (χ2n) is 5.08. The zero-order chi connectivity index (χ0) is 18.7. The van der Waals surface area contributed by atoms with Crippen LogP contribution in [-0.2, 0) is 6.54 Å². The predicted molar refractivity (Wildman–Crippen MR) is 99.0 cm³/mol. The summed E-state index contributed by atoms with van der Waals surface area (Å²) in [6.45, 7) is 0.396. The molecule has 0 aliphatic carbocycles. The molecule has 1 N–H and O–H groups in total. The third-order valence-electron chi connectivity index (χ3n) is 3.22. The number of nitrogens with zero attached hydrogens (tertiary/aromatic N) is 2. The fraction of sp³-hybridized carbons (Fsp3) is 0.0625. The summed E-state index contributed by atoms with van der Waals surface area (Å²) in [6.07, 6.45) is 1.62. The van der Waals surface area contributed by atoms with Gasteiger partial charge in [0, 0.05) is 35.0 Å². The van der Waals surface area contributed by atoms with Crippen LogP contribution in [-0.4, -0.2) is 9.91 Å². The molecule has 0 spiro atoms. The van der Waals surface area contributed by atoms with Gasteiger partial charge in [0.05, 0.1) is 22.6 Å². The fourth-order valence-electron chi connectivity index (χ4n) is 2.08. The lowest BCUT2D eigenvalue weighted by molar-refractivity contribution is -0.384. The van der Waals surface area contributed by atoms with Crippen LogP contribution in [0.5, 0.6) is 11.5 Å². The number of ether oxygens (including phenoxy) is 1. The number of benzene rings is 2. The summed E-state index contributed by atoms with van der Waals surface area (Å²) in [5.41, 5.74) is 0.326. The van der Waals surface area contributed by atoms with Crippen LogP contribution in [0, 0.1) is 15.9 Å². The highest BCUT2D eigenvalue weighted by Gasteiger charge is 2.12. The molecular formula is C16H10Cl2FN3O3S. The van der Waals surface area contributed by atoms with Gasteiger partial charge in [0.2, 0.25) is 0 Å². The first-order valence-corrected chi connectivity index (χ1v) is 8.74. The maximum absolute atomic E-state index is 13.2. The first kappa shape index (κ1) is 18.4. The molecule has 1 heterocycles. The van der Waals surface area contributed by atoms with E-state index in [1.54, 1.807) is 12.3 Å². The van der Waals surface area contributed by atoms with Crippen molar-refractivity contribution in [2.45, 2.75) is 6.54 Å². The Bertz CT molecular complexity index is 968. The lowest BCUT2D eigenvalue weighted by atomic mass is 10.2. The minimum atomic E-state index is -0.580. The van der Waals surface area contributed by atoms with Gasteiger partial charge in [0.1, 0.15) is 17.3 Å². The molecule has 0 fully saturated rings. The summed E-state index contributed by atoms with van der Waals surface area (Å²) >= 11 is 12.8. The van der Waals surface area contributed by atoms with Crippen LogP contribution in [0.3, 0.4) is 0 Å². The molecule has 26 heavy (non-hydrogen) atoms.